The lowest BCUT2D eigenvalue weighted by Crippen LogP contribution is -2.35. The molecule has 0 aliphatic carbocycles. The van der Waals surface area contributed by atoms with Crippen molar-refractivity contribution in [3.05, 3.63) is 70.8 Å². The van der Waals surface area contributed by atoms with E-state index in [1.807, 2.05) is 12.1 Å². The summed E-state index contributed by atoms with van der Waals surface area (Å²) in [5.74, 6) is 0. The Hall–Kier alpha value is -2.18. The van der Waals surface area contributed by atoms with Gasteiger partial charge in [-0.3, -0.25) is 0 Å². The first-order valence-corrected chi connectivity index (χ1v) is 8.70. The van der Waals surface area contributed by atoms with Crippen LogP contribution in [0.1, 0.15) is 22.3 Å². The maximum absolute atomic E-state index is 5.38. The van der Waals surface area contributed by atoms with Gasteiger partial charge in [0.1, 0.15) is 0 Å². The topological polar surface area (TPSA) is 48.1 Å². The minimum atomic E-state index is 0.659. The number of hydrogen-bond donors (Lipinski definition) is 4. The summed E-state index contributed by atoms with van der Waals surface area (Å²) in [7, 11) is 0. The zero-order valence-electron chi connectivity index (χ0n) is 13.3. The molecule has 2 aromatic rings. The second kappa shape index (κ2) is 8.08. The van der Waals surface area contributed by atoms with Gasteiger partial charge in [-0.1, -0.05) is 48.5 Å². The lowest BCUT2D eigenvalue weighted by atomic mass is 10.1. The molecule has 3 rings (SSSR count). The van der Waals surface area contributed by atoms with E-state index in [4.69, 9.17) is 24.4 Å². The molecular formula is C18H20N4S2. The standard InChI is InChI=1S/C18H20N4S2/c23-17-19-9-13-4-3-5-14(8-13)10-20-18(24)22-12-16-7-2-1-6-15(16)11-21-17/h1-8H,9-12H2,(H2,19,21,23)(H2,20,22,24). The largest absolute Gasteiger partial charge is 0.359 e. The Morgan fingerprint density at radius 1 is 0.583 bits per heavy atom. The molecule has 0 saturated carbocycles. The first-order valence-electron chi connectivity index (χ1n) is 7.89. The zero-order chi connectivity index (χ0) is 16.8. The summed E-state index contributed by atoms with van der Waals surface area (Å²) >= 11 is 10.8. The van der Waals surface area contributed by atoms with Gasteiger partial charge in [0.05, 0.1) is 0 Å². The number of fused-ring (bicyclic) bond motifs is 3. The van der Waals surface area contributed by atoms with Crippen molar-refractivity contribution in [1.29, 1.82) is 0 Å². The zero-order valence-corrected chi connectivity index (χ0v) is 14.9. The van der Waals surface area contributed by atoms with Gasteiger partial charge in [-0.25, -0.2) is 0 Å². The lowest BCUT2D eigenvalue weighted by molar-refractivity contribution is 0.806. The fourth-order valence-corrected chi connectivity index (χ4v) is 2.88. The van der Waals surface area contributed by atoms with E-state index in [1.165, 1.54) is 22.3 Å². The van der Waals surface area contributed by atoms with Crippen molar-refractivity contribution in [3.8, 4) is 0 Å². The molecule has 0 aromatic heterocycles. The van der Waals surface area contributed by atoms with Crippen LogP contribution in [0.3, 0.4) is 0 Å². The third-order valence-electron chi connectivity index (χ3n) is 3.89. The first kappa shape index (κ1) is 16.7. The molecule has 6 heteroatoms. The fourth-order valence-electron chi connectivity index (χ4n) is 2.59. The third kappa shape index (κ3) is 4.66. The molecule has 1 aliphatic rings. The van der Waals surface area contributed by atoms with E-state index in [1.54, 1.807) is 0 Å². The quantitative estimate of drug-likeness (QED) is 0.544. The summed E-state index contributed by atoms with van der Waals surface area (Å²) < 4.78 is 0. The highest BCUT2D eigenvalue weighted by Crippen LogP contribution is 2.09. The highest BCUT2D eigenvalue weighted by Gasteiger charge is 2.06. The van der Waals surface area contributed by atoms with E-state index >= 15 is 0 Å². The molecule has 24 heavy (non-hydrogen) atoms. The third-order valence-corrected chi connectivity index (χ3v) is 4.47. The summed E-state index contributed by atoms with van der Waals surface area (Å²) in [6, 6.07) is 16.6. The number of benzene rings is 2. The number of thiocarbonyl (C=S) groups is 2. The molecule has 124 valence electrons. The number of rotatable bonds is 0. The van der Waals surface area contributed by atoms with Crippen LogP contribution in [0.4, 0.5) is 0 Å². The van der Waals surface area contributed by atoms with Crippen molar-refractivity contribution in [1.82, 2.24) is 21.3 Å². The highest BCUT2D eigenvalue weighted by atomic mass is 32.1. The highest BCUT2D eigenvalue weighted by molar-refractivity contribution is 7.80. The Bertz CT molecular complexity index is 687. The van der Waals surface area contributed by atoms with Crippen molar-refractivity contribution in [2.45, 2.75) is 26.2 Å². The number of nitrogens with one attached hydrogen (secondary N) is 4. The first-order chi connectivity index (χ1) is 11.7. The second-order valence-corrected chi connectivity index (χ2v) is 6.48. The molecule has 0 spiro atoms. The van der Waals surface area contributed by atoms with Crippen LogP contribution >= 0.6 is 24.4 Å². The van der Waals surface area contributed by atoms with Gasteiger partial charge < -0.3 is 21.3 Å². The van der Waals surface area contributed by atoms with Crippen LogP contribution in [-0.4, -0.2) is 10.2 Å². The average molecular weight is 357 g/mol. The molecule has 0 amide bonds. The summed E-state index contributed by atoms with van der Waals surface area (Å²) in [4.78, 5) is 0. The van der Waals surface area contributed by atoms with Crippen molar-refractivity contribution >= 4 is 34.7 Å². The molecule has 0 atom stereocenters. The maximum Gasteiger partial charge on any atom is 0.166 e. The maximum atomic E-state index is 5.38. The van der Waals surface area contributed by atoms with Gasteiger partial charge in [-0.15, -0.1) is 0 Å². The lowest BCUT2D eigenvalue weighted by Gasteiger charge is -2.14. The van der Waals surface area contributed by atoms with E-state index in [0.29, 0.717) is 36.4 Å². The summed E-state index contributed by atoms with van der Waals surface area (Å²) in [6.07, 6.45) is 0. The Morgan fingerprint density at radius 3 is 1.54 bits per heavy atom. The predicted molar refractivity (Wildman–Crippen MR) is 105 cm³/mol. The van der Waals surface area contributed by atoms with E-state index in [-0.39, 0.29) is 0 Å². The summed E-state index contributed by atoms with van der Waals surface area (Å²) in [6.45, 7) is 2.77. The normalized spacial score (nSPS) is 15.5. The molecule has 4 nitrogen and oxygen atoms in total. The van der Waals surface area contributed by atoms with Crippen LogP contribution in [0.2, 0.25) is 0 Å². The Morgan fingerprint density at radius 2 is 1.04 bits per heavy atom. The van der Waals surface area contributed by atoms with Gasteiger partial charge in [-0.05, 0) is 46.7 Å². The monoisotopic (exact) mass is 356 g/mol. The molecule has 0 unspecified atom stereocenters. The SMILES string of the molecule is S=C1NCc2cccc(c2)CNC(=S)NCc2ccccc2CN1. The van der Waals surface area contributed by atoms with E-state index in [9.17, 15) is 0 Å². The van der Waals surface area contributed by atoms with E-state index in [2.05, 4.69) is 57.7 Å². The average Bonchev–Trinajstić information content (AvgIpc) is 2.62. The van der Waals surface area contributed by atoms with Crippen LogP contribution in [0.15, 0.2) is 48.5 Å². The van der Waals surface area contributed by atoms with E-state index in [0.717, 1.165) is 0 Å². The molecular weight excluding hydrogens is 336 g/mol. The second-order valence-electron chi connectivity index (χ2n) is 5.66. The molecule has 1 heterocycles. The minimum Gasteiger partial charge on any atom is -0.359 e. The predicted octanol–water partition coefficient (Wildman–Crippen LogP) is 2.33. The Balaban J connectivity index is 1.78. The fraction of sp³-hybridized carbons (Fsp3) is 0.222. The van der Waals surface area contributed by atoms with Gasteiger partial charge in [0, 0.05) is 26.2 Å². The van der Waals surface area contributed by atoms with Crippen LogP contribution in [0.25, 0.3) is 0 Å². The van der Waals surface area contributed by atoms with Crippen LogP contribution in [0, 0.1) is 0 Å². The Labute approximate surface area is 153 Å². The van der Waals surface area contributed by atoms with Crippen LogP contribution in [-0.2, 0) is 26.2 Å². The molecule has 0 fully saturated rings. The van der Waals surface area contributed by atoms with Gasteiger partial charge in [0.25, 0.3) is 0 Å². The van der Waals surface area contributed by atoms with Crippen LogP contribution < -0.4 is 21.3 Å². The van der Waals surface area contributed by atoms with Crippen molar-refractivity contribution < 1.29 is 0 Å². The molecule has 2 bridgehead atoms. The molecule has 0 radical (unpaired) electrons. The van der Waals surface area contributed by atoms with Crippen LogP contribution in [0.5, 0.6) is 0 Å². The van der Waals surface area contributed by atoms with Crippen molar-refractivity contribution in [2.24, 2.45) is 0 Å². The van der Waals surface area contributed by atoms with E-state index < -0.39 is 0 Å². The van der Waals surface area contributed by atoms with Gasteiger partial charge in [-0.2, -0.15) is 0 Å². The van der Waals surface area contributed by atoms with Gasteiger partial charge in [0.2, 0.25) is 0 Å². The molecule has 1 aliphatic heterocycles. The Kier molecular flexibility index (Phi) is 5.61. The molecule has 2 aromatic carbocycles. The van der Waals surface area contributed by atoms with Gasteiger partial charge in [0.15, 0.2) is 10.2 Å². The summed E-state index contributed by atoms with van der Waals surface area (Å²) in [5, 5.41) is 14.4. The van der Waals surface area contributed by atoms with Crippen molar-refractivity contribution in [3.63, 3.8) is 0 Å². The summed E-state index contributed by atoms with van der Waals surface area (Å²) in [5.41, 5.74) is 4.78. The van der Waals surface area contributed by atoms with Crippen molar-refractivity contribution in [2.75, 3.05) is 0 Å². The smallest absolute Gasteiger partial charge is 0.166 e. The molecule has 4 N–H and O–H groups in total. The molecule has 0 saturated heterocycles. The van der Waals surface area contributed by atoms with Gasteiger partial charge >= 0.3 is 0 Å². The minimum absolute atomic E-state index is 0.659. The number of hydrogen-bond acceptors (Lipinski definition) is 2.